The first-order valence-electron chi connectivity index (χ1n) is 8.52. The molecule has 0 radical (unpaired) electrons. The molecule has 2 fully saturated rings. The number of hydrogen-bond donors (Lipinski definition) is 1. The molecule has 5 heteroatoms. The van der Waals surface area contributed by atoms with Crippen molar-refractivity contribution in [1.29, 1.82) is 0 Å². The van der Waals surface area contributed by atoms with Gasteiger partial charge in [0.2, 0.25) is 0 Å². The lowest BCUT2D eigenvalue weighted by atomic mass is 9.92. The highest BCUT2D eigenvalue weighted by Gasteiger charge is 2.32. The molecule has 23 heavy (non-hydrogen) atoms. The number of hydrogen-bond acceptors (Lipinski definition) is 4. The summed E-state index contributed by atoms with van der Waals surface area (Å²) in [5.74, 6) is 0.357. The predicted octanol–water partition coefficient (Wildman–Crippen LogP) is 2.65. The molecule has 1 aromatic carbocycles. The maximum atomic E-state index is 11.0. The monoisotopic (exact) mass is 319 g/mol. The Morgan fingerprint density at radius 2 is 2.26 bits per heavy atom. The number of rotatable bonds is 6. The number of carboxylic acid groups (broad SMARTS) is 1. The minimum atomic E-state index is -0.924. The smallest absolute Gasteiger partial charge is 0.335 e. The van der Waals surface area contributed by atoms with Crippen molar-refractivity contribution < 1.29 is 19.4 Å². The molecule has 0 amide bonds. The average Bonchev–Trinajstić information content (AvgIpc) is 3.04. The van der Waals surface area contributed by atoms with Crippen LogP contribution in [0.3, 0.4) is 0 Å². The Bertz CT molecular complexity index is 528. The Kier molecular flexibility index (Phi) is 5.51. The number of likely N-dealkylation sites (tertiary alicyclic amines) is 1. The molecule has 2 atom stereocenters. The van der Waals surface area contributed by atoms with Crippen LogP contribution in [-0.2, 0) is 4.74 Å². The van der Waals surface area contributed by atoms with Crippen molar-refractivity contribution in [3.8, 4) is 5.75 Å². The summed E-state index contributed by atoms with van der Waals surface area (Å²) in [6, 6.07) is 7.30. The van der Waals surface area contributed by atoms with Gasteiger partial charge in [0.05, 0.1) is 12.2 Å². The van der Waals surface area contributed by atoms with E-state index in [9.17, 15) is 4.79 Å². The molecule has 2 saturated heterocycles. The molecule has 1 N–H and O–H groups in total. The number of ether oxygens (including phenoxy) is 2. The third kappa shape index (κ3) is 4.24. The Balaban J connectivity index is 1.49. The molecule has 0 bridgehead atoms. The lowest BCUT2D eigenvalue weighted by Gasteiger charge is -2.33. The molecule has 2 unspecified atom stereocenters. The van der Waals surface area contributed by atoms with Crippen LogP contribution in [-0.4, -0.2) is 54.9 Å². The zero-order chi connectivity index (χ0) is 16.1. The van der Waals surface area contributed by atoms with Crippen molar-refractivity contribution in [3.63, 3.8) is 0 Å². The summed E-state index contributed by atoms with van der Waals surface area (Å²) in [6.45, 7) is 4.40. The summed E-state index contributed by atoms with van der Waals surface area (Å²) >= 11 is 0. The highest BCUT2D eigenvalue weighted by molar-refractivity contribution is 5.87. The molecular formula is C18H25NO4. The number of carboxylic acids is 1. The van der Waals surface area contributed by atoms with E-state index in [-0.39, 0.29) is 5.56 Å². The van der Waals surface area contributed by atoms with E-state index in [0.29, 0.717) is 24.3 Å². The summed E-state index contributed by atoms with van der Waals surface area (Å²) in [5, 5.41) is 9.01. The first-order valence-corrected chi connectivity index (χ1v) is 8.52. The van der Waals surface area contributed by atoms with Crippen LogP contribution in [0.15, 0.2) is 24.3 Å². The van der Waals surface area contributed by atoms with Gasteiger partial charge in [-0.05, 0) is 56.3 Å². The van der Waals surface area contributed by atoms with Crippen LogP contribution < -0.4 is 4.74 Å². The van der Waals surface area contributed by atoms with Crippen LogP contribution in [0.25, 0.3) is 0 Å². The summed E-state index contributed by atoms with van der Waals surface area (Å²) in [4.78, 5) is 13.5. The van der Waals surface area contributed by atoms with Crippen LogP contribution in [0.1, 0.15) is 36.0 Å². The molecule has 2 aliphatic heterocycles. The van der Waals surface area contributed by atoms with E-state index < -0.39 is 5.97 Å². The van der Waals surface area contributed by atoms with Crippen LogP contribution in [0.5, 0.6) is 5.75 Å². The highest BCUT2D eigenvalue weighted by Crippen LogP contribution is 2.29. The van der Waals surface area contributed by atoms with Crippen LogP contribution in [0.2, 0.25) is 0 Å². The summed E-state index contributed by atoms with van der Waals surface area (Å²) in [5.41, 5.74) is 0.265. The van der Waals surface area contributed by atoms with Gasteiger partial charge in [0.25, 0.3) is 0 Å². The van der Waals surface area contributed by atoms with Crippen LogP contribution in [0.4, 0.5) is 0 Å². The first kappa shape index (κ1) is 16.3. The normalized spacial score (nSPS) is 25.4. The van der Waals surface area contributed by atoms with Crippen molar-refractivity contribution in [2.75, 3.05) is 32.9 Å². The summed E-state index contributed by atoms with van der Waals surface area (Å²) < 4.78 is 11.4. The minimum absolute atomic E-state index is 0.265. The van der Waals surface area contributed by atoms with Gasteiger partial charge >= 0.3 is 5.97 Å². The number of benzene rings is 1. The molecule has 5 nitrogen and oxygen atoms in total. The van der Waals surface area contributed by atoms with Gasteiger partial charge in [-0.1, -0.05) is 6.07 Å². The molecule has 2 heterocycles. The number of carbonyl (C=O) groups is 1. The molecule has 0 aliphatic carbocycles. The highest BCUT2D eigenvalue weighted by atomic mass is 16.5. The van der Waals surface area contributed by atoms with Gasteiger partial charge in [-0.15, -0.1) is 0 Å². The molecular weight excluding hydrogens is 294 g/mol. The molecule has 0 saturated carbocycles. The van der Waals surface area contributed by atoms with E-state index in [4.69, 9.17) is 14.6 Å². The van der Waals surface area contributed by atoms with Gasteiger partial charge in [-0.2, -0.15) is 0 Å². The fourth-order valence-corrected chi connectivity index (χ4v) is 3.73. The van der Waals surface area contributed by atoms with E-state index in [0.717, 1.165) is 26.3 Å². The molecule has 3 rings (SSSR count). The van der Waals surface area contributed by atoms with Gasteiger partial charge < -0.3 is 14.6 Å². The van der Waals surface area contributed by atoms with E-state index in [1.165, 1.54) is 25.7 Å². The van der Waals surface area contributed by atoms with Crippen LogP contribution in [0, 0.1) is 5.92 Å². The van der Waals surface area contributed by atoms with Crippen molar-refractivity contribution in [1.82, 2.24) is 4.90 Å². The Morgan fingerprint density at radius 1 is 1.35 bits per heavy atom. The summed E-state index contributed by atoms with van der Waals surface area (Å²) in [7, 11) is 0. The Hall–Kier alpha value is -1.59. The number of nitrogens with zero attached hydrogens (tertiary/aromatic N) is 1. The first-order chi connectivity index (χ1) is 11.2. The van der Waals surface area contributed by atoms with E-state index in [2.05, 4.69) is 4.90 Å². The molecule has 1 aromatic rings. The van der Waals surface area contributed by atoms with E-state index in [1.807, 2.05) is 6.07 Å². The van der Waals surface area contributed by atoms with Crippen molar-refractivity contribution in [2.45, 2.75) is 31.7 Å². The molecule has 0 spiro atoms. The van der Waals surface area contributed by atoms with Gasteiger partial charge in [-0.3, -0.25) is 4.90 Å². The van der Waals surface area contributed by atoms with E-state index in [1.54, 1.807) is 18.2 Å². The predicted molar refractivity (Wildman–Crippen MR) is 87.0 cm³/mol. The average molecular weight is 319 g/mol. The van der Waals surface area contributed by atoms with Gasteiger partial charge in [0.1, 0.15) is 12.4 Å². The molecule has 0 aromatic heterocycles. The third-order valence-electron chi connectivity index (χ3n) is 4.88. The zero-order valence-corrected chi connectivity index (χ0v) is 13.4. The second-order valence-electron chi connectivity index (χ2n) is 6.40. The summed E-state index contributed by atoms with van der Waals surface area (Å²) in [6.07, 6.45) is 4.94. The maximum Gasteiger partial charge on any atom is 0.335 e. The Labute approximate surface area is 137 Å². The second kappa shape index (κ2) is 7.79. The molecule has 2 aliphatic rings. The van der Waals surface area contributed by atoms with Crippen molar-refractivity contribution >= 4 is 5.97 Å². The fourth-order valence-electron chi connectivity index (χ4n) is 3.73. The van der Waals surface area contributed by atoms with Gasteiger partial charge in [0.15, 0.2) is 0 Å². The quantitative estimate of drug-likeness (QED) is 0.873. The fraction of sp³-hybridized carbons (Fsp3) is 0.611. The van der Waals surface area contributed by atoms with Crippen molar-refractivity contribution in [3.05, 3.63) is 29.8 Å². The van der Waals surface area contributed by atoms with E-state index >= 15 is 0 Å². The minimum Gasteiger partial charge on any atom is -0.492 e. The lowest BCUT2D eigenvalue weighted by molar-refractivity contribution is 0.0175. The van der Waals surface area contributed by atoms with Gasteiger partial charge in [-0.25, -0.2) is 4.79 Å². The third-order valence-corrected chi connectivity index (χ3v) is 4.88. The van der Waals surface area contributed by atoms with Crippen molar-refractivity contribution in [2.24, 2.45) is 5.92 Å². The SMILES string of the molecule is O=C(O)c1cccc(OCCN2CCCC2C2CCCOC2)c1. The van der Waals surface area contributed by atoms with Gasteiger partial charge in [0, 0.05) is 19.2 Å². The zero-order valence-electron chi connectivity index (χ0n) is 13.4. The largest absolute Gasteiger partial charge is 0.492 e. The standard InChI is InChI=1S/C18H25NO4/c20-18(21)14-4-1-6-16(12-14)23-11-9-19-8-2-7-17(19)15-5-3-10-22-13-15/h1,4,6,12,15,17H,2-3,5,7-11,13H2,(H,20,21). The maximum absolute atomic E-state index is 11.0. The topological polar surface area (TPSA) is 59.0 Å². The number of aromatic carboxylic acids is 1. The Morgan fingerprint density at radius 3 is 3.04 bits per heavy atom. The lowest BCUT2D eigenvalue weighted by Crippen LogP contribution is -2.41. The van der Waals surface area contributed by atoms with Crippen LogP contribution >= 0.6 is 0 Å². The molecule has 126 valence electrons. The second-order valence-corrected chi connectivity index (χ2v) is 6.40.